The molecule has 0 saturated heterocycles. The number of aryl methyl sites for hydroxylation is 2. The van der Waals surface area contributed by atoms with Crippen LogP contribution in [0.1, 0.15) is 35.5 Å². The molecule has 1 aromatic heterocycles. The van der Waals surface area contributed by atoms with Crippen molar-refractivity contribution in [3.63, 3.8) is 0 Å². The Balaban J connectivity index is 2.33. The fraction of sp³-hybridized carbons (Fsp3) is 0.286. The molecule has 1 unspecified atom stereocenters. The number of furan rings is 1. The Labute approximate surface area is 95.5 Å². The number of benzene rings is 1. The normalized spacial score (nSPS) is 12.7. The van der Waals surface area contributed by atoms with E-state index in [2.05, 4.69) is 13.0 Å². The highest BCUT2D eigenvalue weighted by atomic mass is 16.4. The molecule has 0 bridgehead atoms. The fourth-order valence-corrected chi connectivity index (χ4v) is 1.80. The molecule has 0 fully saturated rings. The lowest BCUT2D eigenvalue weighted by Crippen LogP contribution is -2.00. The van der Waals surface area contributed by atoms with E-state index in [0.717, 1.165) is 17.5 Å². The highest BCUT2D eigenvalue weighted by molar-refractivity contribution is 5.31. The van der Waals surface area contributed by atoms with E-state index in [4.69, 9.17) is 4.42 Å². The summed E-state index contributed by atoms with van der Waals surface area (Å²) in [6.07, 6.45) is 1.91. The summed E-state index contributed by atoms with van der Waals surface area (Å²) in [4.78, 5) is 0. The van der Waals surface area contributed by atoms with E-state index in [1.54, 1.807) is 6.26 Å². The maximum atomic E-state index is 10.2. The lowest BCUT2D eigenvalue weighted by atomic mass is 10.0. The fourth-order valence-electron chi connectivity index (χ4n) is 1.80. The van der Waals surface area contributed by atoms with Gasteiger partial charge in [0.2, 0.25) is 0 Å². The Bertz CT molecular complexity index is 471. The summed E-state index contributed by atoms with van der Waals surface area (Å²) in [5.41, 5.74) is 3.09. The molecule has 16 heavy (non-hydrogen) atoms. The molecule has 1 aromatic carbocycles. The van der Waals surface area contributed by atoms with Crippen LogP contribution in [0, 0.1) is 6.92 Å². The van der Waals surface area contributed by atoms with Crippen LogP contribution in [0.15, 0.2) is 41.0 Å². The molecule has 0 amide bonds. The van der Waals surface area contributed by atoms with Gasteiger partial charge in [-0.05, 0) is 36.1 Å². The zero-order valence-corrected chi connectivity index (χ0v) is 9.60. The van der Waals surface area contributed by atoms with Gasteiger partial charge < -0.3 is 9.52 Å². The molecule has 2 aromatic rings. The Morgan fingerprint density at radius 3 is 2.75 bits per heavy atom. The van der Waals surface area contributed by atoms with Crippen LogP contribution < -0.4 is 0 Å². The predicted octanol–water partition coefficient (Wildman–Crippen LogP) is 3.23. The van der Waals surface area contributed by atoms with E-state index >= 15 is 0 Å². The van der Waals surface area contributed by atoms with Gasteiger partial charge in [0.15, 0.2) is 0 Å². The van der Waals surface area contributed by atoms with E-state index in [1.165, 1.54) is 5.56 Å². The summed E-state index contributed by atoms with van der Waals surface area (Å²) in [5.74, 6) is 0.633. The maximum absolute atomic E-state index is 10.2. The van der Waals surface area contributed by atoms with Crippen molar-refractivity contribution in [1.29, 1.82) is 0 Å². The molecule has 1 N–H and O–H groups in total. The van der Waals surface area contributed by atoms with Crippen LogP contribution in [0.4, 0.5) is 0 Å². The van der Waals surface area contributed by atoms with Crippen LogP contribution in [0.3, 0.4) is 0 Å². The first-order valence-corrected chi connectivity index (χ1v) is 5.53. The average molecular weight is 216 g/mol. The van der Waals surface area contributed by atoms with E-state index < -0.39 is 6.10 Å². The summed E-state index contributed by atoms with van der Waals surface area (Å²) in [7, 11) is 0. The summed E-state index contributed by atoms with van der Waals surface area (Å²) in [5, 5.41) is 10.2. The third kappa shape index (κ3) is 2.02. The molecule has 0 aliphatic heterocycles. The monoisotopic (exact) mass is 216 g/mol. The van der Waals surface area contributed by atoms with Crippen molar-refractivity contribution >= 4 is 0 Å². The number of aliphatic hydroxyl groups is 1. The van der Waals surface area contributed by atoms with E-state index in [0.29, 0.717) is 5.76 Å². The Morgan fingerprint density at radius 1 is 1.31 bits per heavy atom. The molecule has 2 rings (SSSR count). The number of aliphatic hydroxyl groups excluding tert-OH is 1. The van der Waals surface area contributed by atoms with Gasteiger partial charge in [0.05, 0.1) is 6.26 Å². The molecule has 1 heterocycles. The number of rotatable bonds is 3. The van der Waals surface area contributed by atoms with Gasteiger partial charge >= 0.3 is 0 Å². The van der Waals surface area contributed by atoms with Crippen LogP contribution in [-0.2, 0) is 6.42 Å². The third-order valence-corrected chi connectivity index (χ3v) is 2.83. The van der Waals surface area contributed by atoms with Gasteiger partial charge in [-0.15, -0.1) is 0 Å². The third-order valence-electron chi connectivity index (χ3n) is 2.83. The van der Waals surface area contributed by atoms with Crippen molar-refractivity contribution < 1.29 is 9.52 Å². The van der Waals surface area contributed by atoms with Gasteiger partial charge in [-0.2, -0.15) is 0 Å². The van der Waals surface area contributed by atoms with Crippen LogP contribution in [0.25, 0.3) is 0 Å². The predicted molar refractivity (Wildman–Crippen MR) is 63.3 cm³/mol. The summed E-state index contributed by atoms with van der Waals surface area (Å²) in [6.45, 7) is 4.04. The van der Waals surface area contributed by atoms with Crippen molar-refractivity contribution in [3.8, 4) is 0 Å². The molecule has 0 radical (unpaired) electrons. The average Bonchev–Trinajstić information content (AvgIpc) is 2.74. The van der Waals surface area contributed by atoms with Crippen molar-refractivity contribution in [1.82, 2.24) is 0 Å². The SMILES string of the molecule is CCc1cccc(C(O)c2occc2C)c1. The molecular formula is C14H16O2. The van der Waals surface area contributed by atoms with Crippen molar-refractivity contribution in [3.05, 3.63) is 59.0 Å². The summed E-state index contributed by atoms with van der Waals surface area (Å²) < 4.78 is 5.30. The quantitative estimate of drug-likeness (QED) is 0.854. The first-order chi connectivity index (χ1) is 7.72. The van der Waals surface area contributed by atoms with Crippen LogP contribution in [0.5, 0.6) is 0 Å². The molecule has 2 heteroatoms. The van der Waals surface area contributed by atoms with Gasteiger partial charge in [-0.3, -0.25) is 0 Å². The topological polar surface area (TPSA) is 33.4 Å². The van der Waals surface area contributed by atoms with Gasteiger partial charge in [-0.25, -0.2) is 0 Å². The molecule has 0 aliphatic carbocycles. The highest BCUT2D eigenvalue weighted by Gasteiger charge is 2.15. The van der Waals surface area contributed by atoms with E-state index in [1.807, 2.05) is 31.2 Å². The minimum atomic E-state index is -0.665. The lowest BCUT2D eigenvalue weighted by molar-refractivity contribution is 0.188. The Hall–Kier alpha value is -1.54. The Morgan fingerprint density at radius 2 is 2.12 bits per heavy atom. The maximum Gasteiger partial charge on any atom is 0.139 e. The number of hydrogen-bond acceptors (Lipinski definition) is 2. The lowest BCUT2D eigenvalue weighted by Gasteiger charge is -2.10. The van der Waals surface area contributed by atoms with Crippen LogP contribution in [0.2, 0.25) is 0 Å². The zero-order chi connectivity index (χ0) is 11.5. The standard InChI is InChI=1S/C14H16O2/c1-3-11-5-4-6-12(9-11)13(15)14-10(2)7-8-16-14/h4-9,13,15H,3H2,1-2H3. The number of hydrogen-bond donors (Lipinski definition) is 1. The van der Waals surface area contributed by atoms with Crippen LogP contribution >= 0.6 is 0 Å². The Kier molecular flexibility index (Phi) is 3.11. The first-order valence-electron chi connectivity index (χ1n) is 5.53. The second-order valence-corrected chi connectivity index (χ2v) is 3.97. The molecule has 84 valence electrons. The zero-order valence-electron chi connectivity index (χ0n) is 9.60. The first kappa shape index (κ1) is 11.0. The van der Waals surface area contributed by atoms with Gasteiger partial charge in [-0.1, -0.05) is 31.2 Å². The van der Waals surface area contributed by atoms with Gasteiger partial charge in [0.25, 0.3) is 0 Å². The minimum Gasteiger partial charge on any atom is -0.466 e. The molecule has 2 nitrogen and oxygen atoms in total. The minimum absolute atomic E-state index is 0.633. The summed E-state index contributed by atoms with van der Waals surface area (Å²) >= 11 is 0. The van der Waals surface area contributed by atoms with Crippen molar-refractivity contribution in [2.75, 3.05) is 0 Å². The summed E-state index contributed by atoms with van der Waals surface area (Å²) in [6, 6.07) is 9.83. The molecule has 0 spiro atoms. The molecule has 0 saturated carbocycles. The smallest absolute Gasteiger partial charge is 0.139 e. The van der Waals surface area contributed by atoms with Gasteiger partial charge in [0, 0.05) is 0 Å². The van der Waals surface area contributed by atoms with E-state index in [-0.39, 0.29) is 0 Å². The van der Waals surface area contributed by atoms with Gasteiger partial charge in [0.1, 0.15) is 11.9 Å². The molecule has 0 aliphatic rings. The molecular weight excluding hydrogens is 200 g/mol. The largest absolute Gasteiger partial charge is 0.466 e. The van der Waals surface area contributed by atoms with Crippen LogP contribution in [-0.4, -0.2) is 5.11 Å². The molecule has 1 atom stereocenters. The second-order valence-electron chi connectivity index (χ2n) is 3.97. The van der Waals surface area contributed by atoms with E-state index in [9.17, 15) is 5.11 Å². The highest BCUT2D eigenvalue weighted by Crippen LogP contribution is 2.25. The van der Waals surface area contributed by atoms with Crippen molar-refractivity contribution in [2.24, 2.45) is 0 Å². The second kappa shape index (κ2) is 4.54. The van der Waals surface area contributed by atoms with Crippen molar-refractivity contribution in [2.45, 2.75) is 26.4 Å².